The van der Waals surface area contributed by atoms with Crippen LogP contribution in [-0.2, 0) is 17.6 Å². The fourth-order valence-electron chi connectivity index (χ4n) is 4.31. The van der Waals surface area contributed by atoms with Gasteiger partial charge in [0.25, 0.3) is 0 Å². The third-order valence-corrected chi connectivity index (χ3v) is 7.02. The van der Waals surface area contributed by atoms with Gasteiger partial charge in [0.15, 0.2) is 5.13 Å². The summed E-state index contributed by atoms with van der Waals surface area (Å²) in [5, 5.41) is 1.08. The molecule has 0 radical (unpaired) electrons. The number of fused-ring (bicyclic) bond motifs is 1. The summed E-state index contributed by atoms with van der Waals surface area (Å²) in [6.07, 6.45) is 1.50. The first kappa shape index (κ1) is 19.9. The number of aromatic nitrogens is 1. The number of benzene rings is 2. The first-order valence-corrected chi connectivity index (χ1v) is 11.3. The van der Waals surface area contributed by atoms with Gasteiger partial charge in [-0.2, -0.15) is 0 Å². The molecule has 0 atom stereocenters. The van der Waals surface area contributed by atoms with Crippen LogP contribution in [0.1, 0.15) is 34.7 Å². The summed E-state index contributed by atoms with van der Waals surface area (Å²) < 4.78 is 1.25. The van der Waals surface area contributed by atoms with E-state index in [2.05, 4.69) is 62.9 Å². The van der Waals surface area contributed by atoms with Gasteiger partial charge in [-0.1, -0.05) is 48.1 Å². The van der Waals surface area contributed by atoms with E-state index in [1.807, 2.05) is 4.90 Å². The van der Waals surface area contributed by atoms with Crippen molar-refractivity contribution in [2.75, 3.05) is 31.1 Å². The molecule has 4 rings (SSSR count). The molecule has 3 aromatic rings. The van der Waals surface area contributed by atoms with E-state index < -0.39 is 0 Å². The number of amides is 1. The topological polar surface area (TPSA) is 36.4 Å². The van der Waals surface area contributed by atoms with E-state index in [9.17, 15) is 4.79 Å². The summed E-state index contributed by atoms with van der Waals surface area (Å²) in [7, 11) is 0. The van der Waals surface area contributed by atoms with E-state index in [4.69, 9.17) is 4.98 Å². The lowest BCUT2D eigenvalue weighted by molar-refractivity contribution is -0.130. The quantitative estimate of drug-likeness (QED) is 0.630. The Kier molecular flexibility index (Phi) is 5.59. The van der Waals surface area contributed by atoms with Crippen LogP contribution in [0.2, 0.25) is 0 Å². The highest BCUT2D eigenvalue weighted by Crippen LogP contribution is 2.31. The van der Waals surface area contributed by atoms with E-state index in [1.54, 1.807) is 11.3 Å². The van der Waals surface area contributed by atoms with Crippen molar-refractivity contribution in [3.8, 4) is 0 Å². The minimum atomic E-state index is 0.234. The Bertz CT molecular complexity index is 1020. The Morgan fingerprint density at radius 1 is 1.07 bits per heavy atom. The normalized spacial score (nSPS) is 14.6. The average molecular weight is 408 g/mol. The van der Waals surface area contributed by atoms with Gasteiger partial charge in [0.1, 0.15) is 0 Å². The van der Waals surface area contributed by atoms with Crippen molar-refractivity contribution in [2.45, 2.75) is 40.5 Å². The van der Waals surface area contributed by atoms with Crippen LogP contribution in [0.25, 0.3) is 10.2 Å². The van der Waals surface area contributed by atoms with Crippen LogP contribution in [0.3, 0.4) is 0 Å². The molecular formula is C24H29N3OS. The Morgan fingerprint density at radius 2 is 1.76 bits per heavy atom. The minimum absolute atomic E-state index is 0.234. The highest BCUT2D eigenvalue weighted by molar-refractivity contribution is 7.22. The summed E-state index contributed by atoms with van der Waals surface area (Å²) in [6.45, 7) is 11.7. The molecule has 0 saturated carbocycles. The SMILES string of the molecule is CCc1cccc2sc(N3CCN(C(=O)Cc4c(C)cc(C)cc4C)CC3)nc12. The zero-order valence-corrected chi connectivity index (χ0v) is 18.6. The maximum Gasteiger partial charge on any atom is 0.227 e. The van der Waals surface area contributed by atoms with Crippen molar-refractivity contribution in [1.29, 1.82) is 0 Å². The molecule has 152 valence electrons. The highest BCUT2D eigenvalue weighted by atomic mass is 32.1. The van der Waals surface area contributed by atoms with Gasteiger partial charge in [-0.05, 0) is 55.5 Å². The van der Waals surface area contributed by atoms with Crippen molar-refractivity contribution >= 4 is 32.6 Å². The molecule has 1 fully saturated rings. The molecule has 0 bridgehead atoms. The summed E-state index contributed by atoms with van der Waals surface area (Å²) in [6, 6.07) is 10.8. The summed E-state index contributed by atoms with van der Waals surface area (Å²) in [5.41, 5.74) is 7.32. The summed E-state index contributed by atoms with van der Waals surface area (Å²) in [4.78, 5) is 22.2. The minimum Gasteiger partial charge on any atom is -0.345 e. The van der Waals surface area contributed by atoms with Crippen LogP contribution in [0.5, 0.6) is 0 Å². The van der Waals surface area contributed by atoms with Crippen molar-refractivity contribution in [1.82, 2.24) is 9.88 Å². The zero-order valence-electron chi connectivity index (χ0n) is 17.8. The molecule has 1 amide bonds. The van der Waals surface area contributed by atoms with Crippen molar-refractivity contribution in [2.24, 2.45) is 0 Å². The van der Waals surface area contributed by atoms with Crippen LogP contribution in [0.15, 0.2) is 30.3 Å². The Labute approximate surface area is 177 Å². The van der Waals surface area contributed by atoms with Gasteiger partial charge < -0.3 is 9.80 Å². The highest BCUT2D eigenvalue weighted by Gasteiger charge is 2.24. The number of carbonyl (C=O) groups is 1. The molecule has 4 nitrogen and oxygen atoms in total. The Morgan fingerprint density at radius 3 is 2.41 bits per heavy atom. The fourth-order valence-corrected chi connectivity index (χ4v) is 5.38. The maximum absolute atomic E-state index is 12.9. The molecular weight excluding hydrogens is 378 g/mol. The molecule has 1 aliphatic rings. The number of rotatable bonds is 4. The van der Waals surface area contributed by atoms with Gasteiger partial charge in [-0.3, -0.25) is 4.79 Å². The van der Waals surface area contributed by atoms with Crippen LogP contribution < -0.4 is 4.90 Å². The van der Waals surface area contributed by atoms with Crippen LogP contribution in [0, 0.1) is 20.8 Å². The number of nitrogens with zero attached hydrogens (tertiary/aromatic N) is 3. The van der Waals surface area contributed by atoms with Crippen molar-refractivity contribution < 1.29 is 4.79 Å². The van der Waals surface area contributed by atoms with E-state index in [-0.39, 0.29) is 5.91 Å². The second-order valence-electron chi connectivity index (χ2n) is 8.04. The molecule has 0 N–H and O–H groups in total. The molecule has 1 saturated heterocycles. The van der Waals surface area contributed by atoms with E-state index in [0.717, 1.165) is 43.2 Å². The molecule has 0 aliphatic carbocycles. The number of hydrogen-bond acceptors (Lipinski definition) is 4. The summed E-state index contributed by atoms with van der Waals surface area (Å²) in [5.74, 6) is 0.234. The molecule has 1 aliphatic heterocycles. The third kappa shape index (κ3) is 4.01. The van der Waals surface area contributed by atoms with Crippen molar-refractivity contribution in [3.63, 3.8) is 0 Å². The maximum atomic E-state index is 12.9. The molecule has 1 aromatic heterocycles. The first-order valence-electron chi connectivity index (χ1n) is 10.4. The van der Waals surface area contributed by atoms with E-state index in [0.29, 0.717) is 6.42 Å². The van der Waals surface area contributed by atoms with Gasteiger partial charge in [-0.25, -0.2) is 4.98 Å². The van der Waals surface area contributed by atoms with Crippen LogP contribution in [-0.4, -0.2) is 42.0 Å². The molecule has 29 heavy (non-hydrogen) atoms. The second-order valence-corrected chi connectivity index (χ2v) is 9.04. The first-order chi connectivity index (χ1) is 14.0. The number of carbonyl (C=O) groups excluding carboxylic acids is 1. The number of hydrogen-bond donors (Lipinski definition) is 0. The molecule has 0 spiro atoms. The average Bonchev–Trinajstić information content (AvgIpc) is 3.15. The lowest BCUT2D eigenvalue weighted by Crippen LogP contribution is -2.49. The van der Waals surface area contributed by atoms with E-state index >= 15 is 0 Å². The molecule has 2 aromatic carbocycles. The Hall–Kier alpha value is -2.40. The fraction of sp³-hybridized carbons (Fsp3) is 0.417. The van der Waals surface area contributed by atoms with E-state index in [1.165, 1.54) is 32.5 Å². The third-order valence-electron chi connectivity index (χ3n) is 5.94. The van der Waals surface area contributed by atoms with Gasteiger partial charge in [0, 0.05) is 26.2 Å². The lowest BCUT2D eigenvalue weighted by atomic mass is 9.97. The van der Waals surface area contributed by atoms with Crippen molar-refractivity contribution in [3.05, 3.63) is 58.1 Å². The number of para-hydroxylation sites is 1. The smallest absolute Gasteiger partial charge is 0.227 e. The number of aryl methyl sites for hydroxylation is 4. The molecule has 0 unspecified atom stereocenters. The number of piperazine rings is 1. The van der Waals surface area contributed by atoms with Gasteiger partial charge in [0.05, 0.1) is 16.6 Å². The van der Waals surface area contributed by atoms with Gasteiger partial charge in [0.2, 0.25) is 5.91 Å². The van der Waals surface area contributed by atoms with Gasteiger partial charge in [-0.15, -0.1) is 0 Å². The monoisotopic (exact) mass is 407 g/mol. The number of thiazole rings is 1. The zero-order chi connectivity index (χ0) is 20.5. The Balaban J connectivity index is 1.42. The molecule has 5 heteroatoms. The molecule has 2 heterocycles. The largest absolute Gasteiger partial charge is 0.345 e. The predicted octanol–water partition coefficient (Wildman–Crippen LogP) is 4.68. The van der Waals surface area contributed by atoms with Crippen LogP contribution in [0.4, 0.5) is 5.13 Å². The second kappa shape index (κ2) is 8.15. The van der Waals surface area contributed by atoms with Crippen LogP contribution >= 0.6 is 11.3 Å². The predicted molar refractivity (Wildman–Crippen MR) is 122 cm³/mol. The summed E-state index contributed by atoms with van der Waals surface area (Å²) >= 11 is 1.76. The lowest BCUT2D eigenvalue weighted by Gasteiger charge is -2.34. The number of anilines is 1. The van der Waals surface area contributed by atoms with Gasteiger partial charge >= 0.3 is 0 Å². The standard InChI is InChI=1S/C24H29N3OS/c1-5-19-7-6-8-21-23(19)25-24(29-21)27-11-9-26(10-12-27)22(28)15-20-17(3)13-16(2)14-18(20)4/h6-8,13-14H,5,9-12,15H2,1-4H3.